The number of hydrogen-bond acceptors (Lipinski definition) is 3. The highest BCUT2D eigenvalue weighted by atomic mass is 16.5. The minimum Gasteiger partial charge on any atom is -0.378 e. The van der Waals surface area contributed by atoms with E-state index in [1.807, 2.05) is 20.8 Å². The highest BCUT2D eigenvalue weighted by molar-refractivity contribution is 5.83. The number of likely N-dealkylation sites (tertiary alicyclic amines) is 1. The van der Waals surface area contributed by atoms with Gasteiger partial charge in [0.15, 0.2) is 0 Å². The molecule has 1 aliphatic heterocycles. The molecular weight excluding hydrogens is 358 g/mol. The van der Waals surface area contributed by atoms with Gasteiger partial charge in [-0.15, -0.1) is 0 Å². The molecule has 0 spiro atoms. The summed E-state index contributed by atoms with van der Waals surface area (Å²) in [6.07, 6.45) is 9.38. The number of hydrogen-bond donors (Lipinski definition) is 0. The molecule has 1 fully saturated rings. The molecule has 1 atom stereocenters. The molecule has 172 valence electrons. The van der Waals surface area contributed by atoms with E-state index in [1.54, 1.807) is 0 Å². The second-order valence-corrected chi connectivity index (χ2v) is 12.3. The predicted molar refractivity (Wildman–Crippen MR) is 125 cm³/mol. The van der Waals surface area contributed by atoms with Crippen LogP contribution in [0.5, 0.6) is 0 Å². The maximum absolute atomic E-state index is 12.1. The molecule has 3 heteroatoms. The Labute approximate surface area is 182 Å². The van der Waals surface area contributed by atoms with Gasteiger partial charge in [-0.3, -0.25) is 9.69 Å². The Bertz CT molecular complexity index is 476. The third-order valence-corrected chi connectivity index (χ3v) is 6.74. The third kappa shape index (κ3) is 11.0. The molecule has 0 aromatic heterocycles. The average molecular weight is 410 g/mol. The minimum absolute atomic E-state index is 0.181. The van der Waals surface area contributed by atoms with Gasteiger partial charge in [0.25, 0.3) is 0 Å². The molecule has 0 N–H and O–H groups in total. The fraction of sp³-hybridized carbons (Fsp3) is 0.962. The van der Waals surface area contributed by atoms with Gasteiger partial charge < -0.3 is 4.74 Å². The Hall–Kier alpha value is -0.410. The van der Waals surface area contributed by atoms with Crippen molar-refractivity contribution in [3.8, 4) is 0 Å². The number of rotatable bonds is 11. The van der Waals surface area contributed by atoms with Crippen LogP contribution in [-0.4, -0.2) is 42.0 Å². The zero-order chi connectivity index (χ0) is 22.3. The van der Waals surface area contributed by atoms with Crippen LogP contribution in [0.4, 0.5) is 0 Å². The standard InChI is InChI=1S/C26H51NO2/c1-21(13-16-24(2,3)4)29-20-17-26(8,9)27-18-14-22(15-19-27)11-10-12-23(28)25(5,6)7/h21-22H,10-20H2,1-9H3. The first-order valence-corrected chi connectivity index (χ1v) is 12.1. The molecule has 1 saturated heterocycles. The molecular formula is C26H51NO2. The van der Waals surface area contributed by atoms with Crippen LogP contribution in [0, 0.1) is 16.7 Å². The minimum atomic E-state index is -0.181. The van der Waals surface area contributed by atoms with Crippen molar-refractivity contribution in [1.82, 2.24) is 4.90 Å². The van der Waals surface area contributed by atoms with Gasteiger partial charge in [-0.05, 0) is 90.1 Å². The SMILES string of the molecule is CC(CCC(C)(C)C)OCCC(C)(C)N1CCC(CCCC(=O)C(C)(C)C)CC1. The van der Waals surface area contributed by atoms with Crippen LogP contribution in [0.25, 0.3) is 0 Å². The van der Waals surface area contributed by atoms with Gasteiger partial charge in [-0.1, -0.05) is 41.5 Å². The maximum Gasteiger partial charge on any atom is 0.138 e. The van der Waals surface area contributed by atoms with Crippen LogP contribution in [0.1, 0.15) is 114 Å². The zero-order valence-corrected chi connectivity index (χ0v) is 21.2. The van der Waals surface area contributed by atoms with E-state index in [2.05, 4.69) is 46.4 Å². The number of piperidine rings is 1. The fourth-order valence-electron chi connectivity index (χ4n) is 4.14. The van der Waals surface area contributed by atoms with Gasteiger partial charge >= 0.3 is 0 Å². The molecule has 29 heavy (non-hydrogen) atoms. The number of nitrogens with zero attached hydrogens (tertiary/aromatic N) is 1. The highest BCUT2D eigenvalue weighted by Crippen LogP contribution is 2.30. The lowest BCUT2D eigenvalue weighted by Gasteiger charge is -2.43. The molecule has 3 nitrogen and oxygen atoms in total. The molecule has 1 heterocycles. The molecule has 0 aromatic rings. The van der Waals surface area contributed by atoms with Crippen molar-refractivity contribution in [3.63, 3.8) is 0 Å². The lowest BCUT2D eigenvalue weighted by molar-refractivity contribution is -0.126. The van der Waals surface area contributed by atoms with Gasteiger partial charge in [-0.25, -0.2) is 0 Å². The van der Waals surface area contributed by atoms with Crippen LogP contribution >= 0.6 is 0 Å². The van der Waals surface area contributed by atoms with E-state index in [9.17, 15) is 4.79 Å². The van der Waals surface area contributed by atoms with Crippen molar-refractivity contribution in [2.24, 2.45) is 16.7 Å². The van der Waals surface area contributed by atoms with Gasteiger partial charge in [0.1, 0.15) is 5.78 Å². The van der Waals surface area contributed by atoms with Gasteiger partial charge in [0.05, 0.1) is 6.10 Å². The lowest BCUT2D eigenvalue weighted by atomic mass is 9.84. The van der Waals surface area contributed by atoms with Crippen LogP contribution in [0.3, 0.4) is 0 Å². The van der Waals surface area contributed by atoms with Crippen LogP contribution < -0.4 is 0 Å². The van der Waals surface area contributed by atoms with Crippen molar-refractivity contribution in [2.75, 3.05) is 19.7 Å². The Morgan fingerprint density at radius 2 is 1.59 bits per heavy atom. The van der Waals surface area contributed by atoms with Crippen LogP contribution in [0.15, 0.2) is 0 Å². The molecule has 0 bridgehead atoms. The lowest BCUT2D eigenvalue weighted by Crippen LogP contribution is -2.48. The van der Waals surface area contributed by atoms with Crippen molar-refractivity contribution >= 4 is 5.78 Å². The zero-order valence-electron chi connectivity index (χ0n) is 21.2. The average Bonchev–Trinajstić information content (AvgIpc) is 2.59. The summed E-state index contributed by atoms with van der Waals surface area (Å²) in [5, 5.41) is 0. The largest absolute Gasteiger partial charge is 0.378 e. The number of Topliss-reactive ketones (excluding diaryl/α,β-unsaturated/α-hetero) is 1. The summed E-state index contributed by atoms with van der Waals surface area (Å²) in [6, 6.07) is 0. The summed E-state index contributed by atoms with van der Waals surface area (Å²) >= 11 is 0. The molecule has 0 aliphatic carbocycles. The Balaban J connectivity index is 2.26. The normalized spacial score (nSPS) is 18.8. The summed E-state index contributed by atoms with van der Waals surface area (Å²) in [6.45, 7) is 23.2. The van der Waals surface area contributed by atoms with Crippen molar-refractivity contribution in [1.29, 1.82) is 0 Å². The molecule has 0 saturated carbocycles. The highest BCUT2D eigenvalue weighted by Gasteiger charge is 2.30. The van der Waals surface area contributed by atoms with E-state index >= 15 is 0 Å². The third-order valence-electron chi connectivity index (χ3n) is 6.74. The van der Waals surface area contributed by atoms with E-state index in [0.717, 1.165) is 38.2 Å². The molecule has 1 unspecified atom stereocenters. The van der Waals surface area contributed by atoms with Crippen molar-refractivity contribution in [3.05, 3.63) is 0 Å². The van der Waals surface area contributed by atoms with E-state index in [-0.39, 0.29) is 11.0 Å². The molecule has 1 rings (SSSR count). The van der Waals surface area contributed by atoms with Gasteiger partial charge in [0, 0.05) is 24.0 Å². The molecule has 0 aromatic carbocycles. The van der Waals surface area contributed by atoms with Crippen LogP contribution in [0.2, 0.25) is 0 Å². The predicted octanol–water partition coefficient (Wildman–Crippen LogP) is 6.88. The number of ketones is 1. The smallest absolute Gasteiger partial charge is 0.138 e. The summed E-state index contributed by atoms with van der Waals surface area (Å²) in [5.74, 6) is 1.20. The molecule has 1 aliphatic rings. The fourth-order valence-corrected chi connectivity index (χ4v) is 4.14. The number of carbonyl (C=O) groups excluding carboxylic acids is 1. The molecule has 0 amide bonds. The monoisotopic (exact) mass is 409 g/mol. The van der Waals surface area contributed by atoms with E-state index in [0.29, 0.717) is 17.3 Å². The second-order valence-electron chi connectivity index (χ2n) is 12.3. The van der Waals surface area contributed by atoms with E-state index in [4.69, 9.17) is 4.74 Å². The summed E-state index contributed by atoms with van der Waals surface area (Å²) in [5.41, 5.74) is 0.415. The Morgan fingerprint density at radius 3 is 2.10 bits per heavy atom. The first kappa shape index (κ1) is 26.6. The maximum atomic E-state index is 12.1. The Kier molecular flexibility index (Phi) is 10.4. The first-order chi connectivity index (χ1) is 13.2. The topological polar surface area (TPSA) is 29.5 Å². The van der Waals surface area contributed by atoms with Crippen molar-refractivity contribution in [2.45, 2.75) is 125 Å². The number of ether oxygens (including phenoxy) is 1. The summed E-state index contributed by atoms with van der Waals surface area (Å²) in [7, 11) is 0. The van der Waals surface area contributed by atoms with E-state index < -0.39 is 0 Å². The van der Waals surface area contributed by atoms with Gasteiger partial charge in [0.2, 0.25) is 0 Å². The van der Waals surface area contributed by atoms with Crippen molar-refractivity contribution < 1.29 is 9.53 Å². The first-order valence-electron chi connectivity index (χ1n) is 12.1. The Morgan fingerprint density at radius 1 is 1.00 bits per heavy atom. The summed E-state index contributed by atoms with van der Waals surface area (Å²) in [4.78, 5) is 14.8. The second kappa shape index (κ2) is 11.3. The van der Waals surface area contributed by atoms with E-state index in [1.165, 1.54) is 38.8 Å². The summed E-state index contributed by atoms with van der Waals surface area (Å²) < 4.78 is 6.13. The number of carbonyl (C=O) groups is 1. The van der Waals surface area contributed by atoms with Crippen LogP contribution in [-0.2, 0) is 9.53 Å². The van der Waals surface area contributed by atoms with Gasteiger partial charge in [-0.2, -0.15) is 0 Å². The molecule has 0 radical (unpaired) electrons. The quantitative estimate of drug-likeness (QED) is 0.372.